The van der Waals surface area contributed by atoms with E-state index in [2.05, 4.69) is 29.9 Å². The van der Waals surface area contributed by atoms with Crippen molar-refractivity contribution in [2.45, 2.75) is 25.8 Å². The van der Waals surface area contributed by atoms with E-state index in [0.29, 0.717) is 6.04 Å². The van der Waals surface area contributed by atoms with Crippen LogP contribution in [0.1, 0.15) is 18.7 Å². The second-order valence-corrected chi connectivity index (χ2v) is 6.92. The van der Waals surface area contributed by atoms with Crippen LogP contribution in [-0.2, 0) is 0 Å². The Morgan fingerprint density at radius 1 is 1.04 bits per heavy atom. The molecule has 2 aliphatic rings. The molecule has 5 heterocycles. The van der Waals surface area contributed by atoms with Crippen LogP contribution in [0.5, 0.6) is 0 Å². The van der Waals surface area contributed by atoms with E-state index in [1.54, 1.807) is 0 Å². The minimum atomic E-state index is 0.470. The molecule has 0 aliphatic carbocycles. The van der Waals surface area contributed by atoms with Gasteiger partial charge in [0, 0.05) is 38.2 Å². The monoisotopic (exact) mass is 335 g/mol. The zero-order valence-corrected chi connectivity index (χ0v) is 14.3. The summed E-state index contributed by atoms with van der Waals surface area (Å²) in [4.78, 5) is 18.4. The van der Waals surface area contributed by atoms with Gasteiger partial charge in [0.05, 0.1) is 12.2 Å². The van der Waals surface area contributed by atoms with Gasteiger partial charge in [0.25, 0.3) is 0 Å². The molecule has 5 rings (SSSR count). The molecule has 2 fully saturated rings. The Kier molecular flexibility index (Phi) is 3.33. The van der Waals surface area contributed by atoms with Crippen LogP contribution in [0.3, 0.4) is 0 Å². The molecule has 0 N–H and O–H groups in total. The highest BCUT2D eigenvalue weighted by atomic mass is 15.3. The maximum Gasteiger partial charge on any atom is 0.155 e. The van der Waals surface area contributed by atoms with Crippen molar-refractivity contribution in [2.24, 2.45) is 5.92 Å². The van der Waals surface area contributed by atoms with Crippen molar-refractivity contribution < 1.29 is 0 Å². The van der Waals surface area contributed by atoms with Crippen molar-refractivity contribution in [2.75, 3.05) is 29.4 Å². The molecule has 3 aromatic rings. The number of hydrogen-bond donors (Lipinski definition) is 0. The quantitative estimate of drug-likeness (QED) is 0.713. The van der Waals surface area contributed by atoms with Gasteiger partial charge in [0.2, 0.25) is 0 Å². The van der Waals surface area contributed by atoms with Crippen molar-refractivity contribution in [3.05, 3.63) is 42.7 Å². The van der Waals surface area contributed by atoms with Crippen LogP contribution < -0.4 is 9.80 Å². The summed E-state index contributed by atoms with van der Waals surface area (Å²) >= 11 is 0. The SMILES string of the molecule is Cc1nccc(N2CCC3CCN(c4nccn5nccc45)C3C2)n1. The number of rotatable bonds is 2. The van der Waals surface area contributed by atoms with Crippen molar-refractivity contribution in [1.82, 2.24) is 24.6 Å². The molecule has 3 aromatic heterocycles. The van der Waals surface area contributed by atoms with Crippen molar-refractivity contribution >= 4 is 17.2 Å². The molecule has 2 atom stereocenters. The van der Waals surface area contributed by atoms with Gasteiger partial charge in [-0.1, -0.05) is 0 Å². The third kappa shape index (κ3) is 2.42. The number of hydrogen-bond acceptors (Lipinski definition) is 6. The summed E-state index contributed by atoms with van der Waals surface area (Å²) in [5, 5.41) is 4.35. The van der Waals surface area contributed by atoms with Crippen molar-refractivity contribution in [3.8, 4) is 0 Å². The fourth-order valence-electron chi connectivity index (χ4n) is 4.30. The van der Waals surface area contributed by atoms with E-state index >= 15 is 0 Å². The number of piperidine rings is 1. The third-order valence-electron chi connectivity index (χ3n) is 5.52. The van der Waals surface area contributed by atoms with Crippen LogP contribution in [0.25, 0.3) is 5.52 Å². The van der Waals surface area contributed by atoms with Gasteiger partial charge in [0.1, 0.15) is 17.2 Å². The zero-order valence-electron chi connectivity index (χ0n) is 14.3. The Morgan fingerprint density at radius 3 is 2.88 bits per heavy atom. The summed E-state index contributed by atoms with van der Waals surface area (Å²) in [6.45, 7) is 5.06. The number of fused-ring (bicyclic) bond motifs is 2. The fraction of sp³-hybridized carbons (Fsp3) is 0.444. The molecule has 0 saturated carbocycles. The average Bonchev–Trinajstić information content (AvgIpc) is 3.27. The molecular weight excluding hydrogens is 314 g/mol. The van der Waals surface area contributed by atoms with Crippen LogP contribution in [-0.4, -0.2) is 50.2 Å². The van der Waals surface area contributed by atoms with E-state index in [-0.39, 0.29) is 0 Å². The second kappa shape index (κ2) is 5.68. The first-order valence-corrected chi connectivity index (χ1v) is 8.89. The molecule has 25 heavy (non-hydrogen) atoms. The lowest BCUT2D eigenvalue weighted by atomic mass is 9.92. The minimum absolute atomic E-state index is 0.470. The summed E-state index contributed by atoms with van der Waals surface area (Å²) in [6, 6.07) is 4.53. The van der Waals surface area contributed by atoms with E-state index in [1.165, 1.54) is 12.8 Å². The van der Waals surface area contributed by atoms with Crippen LogP contribution in [0.15, 0.2) is 36.9 Å². The van der Waals surface area contributed by atoms with Crippen LogP contribution in [0.2, 0.25) is 0 Å². The van der Waals surface area contributed by atoms with Crippen molar-refractivity contribution in [3.63, 3.8) is 0 Å². The zero-order chi connectivity index (χ0) is 16.8. The molecule has 7 heteroatoms. The Morgan fingerprint density at radius 2 is 1.96 bits per heavy atom. The topological polar surface area (TPSA) is 62.5 Å². The first-order chi connectivity index (χ1) is 12.3. The minimum Gasteiger partial charge on any atom is -0.354 e. The molecule has 2 saturated heterocycles. The van der Waals surface area contributed by atoms with Gasteiger partial charge in [-0.25, -0.2) is 19.5 Å². The lowest BCUT2D eigenvalue weighted by molar-refractivity contribution is 0.388. The Balaban J connectivity index is 1.47. The largest absolute Gasteiger partial charge is 0.354 e. The molecule has 0 radical (unpaired) electrons. The number of anilines is 2. The number of aromatic nitrogens is 5. The Hall–Kier alpha value is -2.70. The normalized spacial score (nSPS) is 23.2. The van der Waals surface area contributed by atoms with Crippen molar-refractivity contribution in [1.29, 1.82) is 0 Å². The molecular formula is C18H21N7. The van der Waals surface area contributed by atoms with E-state index in [1.807, 2.05) is 48.4 Å². The first kappa shape index (κ1) is 14.6. The maximum atomic E-state index is 4.68. The second-order valence-electron chi connectivity index (χ2n) is 6.92. The number of aryl methyl sites for hydroxylation is 1. The summed E-state index contributed by atoms with van der Waals surface area (Å²) in [5.41, 5.74) is 1.08. The fourth-order valence-corrected chi connectivity index (χ4v) is 4.30. The van der Waals surface area contributed by atoms with E-state index in [9.17, 15) is 0 Å². The first-order valence-electron chi connectivity index (χ1n) is 8.89. The Labute approximate surface area is 146 Å². The van der Waals surface area contributed by atoms with E-state index in [4.69, 9.17) is 0 Å². The summed E-state index contributed by atoms with van der Waals surface area (Å²) < 4.78 is 1.91. The van der Waals surface area contributed by atoms with Gasteiger partial charge in [0.15, 0.2) is 5.82 Å². The van der Waals surface area contributed by atoms with E-state index < -0.39 is 0 Å². The molecule has 0 bridgehead atoms. The van der Waals surface area contributed by atoms with Crippen LogP contribution >= 0.6 is 0 Å². The Bertz CT molecular complexity index is 905. The smallest absolute Gasteiger partial charge is 0.155 e. The molecule has 0 spiro atoms. The summed E-state index contributed by atoms with van der Waals surface area (Å²) in [6.07, 6.45) is 9.88. The average molecular weight is 335 g/mol. The lowest BCUT2D eigenvalue weighted by Gasteiger charge is -2.39. The van der Waals surface area contributed by atoms with Gasteiger partial charge in [-0.3, -0.25) is 0 Å². The molecule has 7 nitrogen and oxygen atoms in total. The highest BCUT2D eigenvalue weighted by Crippen LogP contribution is 2.36. The lowest BCUT2D eigenvalue weighted by Crippen LogP contribution is -2.49. The molecule has 2 aliphatic heterocycles. The molecule has 0 aromatic carbocycles. The van der Waals surface area contributed by atoms with Gasteiger partial charge in [-0.15, -0.1) is 0 Å². The van der Waals surface area contributed by atoms with Gasteiger partial charge < -0.3 is 9.80 Å². The number of nitrogens with zero attached hydrogens (tertiary/aromatic N) is 7. The predicted molar refractivity (Wildman–Crippen MR) is 95.8 cm³/mol. The predicted octanol–water partition coefficient (Wildman–Crippen LogP) is 1.93. The van der Waals surface area contributed by atoms with Crippen LogP contribution in [0, 0.1) is 12.8 Å². The van der Waals surface area contributed by atoms with Gasteiger partial charge in [-0.2, -0.15) is 5.10 Å². The summed E-state index contributed by atoms with van der Waals surface area (Å²) in [7, 11) is 0. The standard InChI is InChI=1S/C18H21N7/c1-13-19-6-3-17(22-13)23-9-4-14-5-10-24(16(14)12-23)18-15-2-7-21-25(15)11-8-20-18/h2-3,6-8,11,14,16H,4-5,9-10,12H2,1H3. The highest BCUT2D eigenvalue weighted by molar-refractivity contribution is 5.69. The van der Waals surface area contributed by atoms with Gasteiger partial charge >= 0.3 is 0 Å². The maximum absolute atomic E-state index is 4.68. The van der Waals surface area contributed by atoms with Gasteiger partial charge in [-0.05, 0) is 37.8 Å². The highest BCUT2D eigenvalue weighted by Gasteiger charge is 2.40. The molecule has 2 unspecified atom stereocenters. The van der Waals surface area contributed by atoms with Crippen LogP contribution in [0.4, 0.5) is 11.6 Å². The summed E-state index contributed by atoms with van der Waals surface area (Å²) in [5.74, 6) is 3.64. The molecule has 128 valence electrons. The third-order valence-corrected chi connectivity index (χ3v) is 5.52. The van der Waals surface area contributed by atoms with E-state index in [0.717, 1.165) is 48.5 Å². The molecule has 0 amide bonds.